The number of para-hydroxylation sites is 3. The highest BCUT2D eigenvalue weighted by Crippen LogP contribution is 2.37. The van der Waals surface area contributed by atoms with Crippen molar-refractivity contribution in [1.82, 2.24) is 24.1 Å². The van der Waals surface area contributed by atoms with Gasteiger partial charge < -0.3 is 0 Å². The number of nitrogens with zero attached hydrogens (tertiary/aromatic N) is 5. The first-order chi connectivity index (χ1) is 30.7. The molecule has 12 rings (SSSR count). The van der Waals surface area contributed by atoms with Crippen molar-refractivity contribution >= 4 is 43.6 Å². The quantitative estimate of drug-likeness (QED) is 0.162. The second-order valence-electron chi connectivity index (χ2n) is 15.7. The minimum absolute atomic E-state index is 0.555. The maximum atomic E-state index is 5.37. The third-order valence-electron chi connectivity index (χ3n) is 12.1. The van der Waals surface area contributed by atoms with Gasteiger partial charge >= 0.3 is 0 Å². The summed E-state index contributed by atoms with van der Waals surface area (Å²) in [5, 5.41) is 4.58. The van der Waals surface area contributed by atoms with E-state index in [1.165, 1.54) is 22.3 Å². The number of fused-ring (bicyclic) bond motifs is 6. The molecule has 0 aliphatic rings. The molecule has 0 aliphatic heterocycles. The van der Waals surface area contributed by atoms with Crippen LogP contribution in [0, 0.1) is 0 Å². The van der Waals surface area contributed by atoms with Gasteiger partial charge in [0.1, 0.15) is 0 Å². The lowest BCUT2D eigenvalue weighted by molar-refractivity contribution is 0.893. The van der Waals surface area contributed by atoms with Gasteiger partial charge in [-0.2, -0.15) is 15.0 Å². The Kier molecular flexibility index (Phi) is 8.42. The molecule has 0 fully saturated rings. The fourth-order valence-corrected chi connectivity index (χ4v) is 8.97. The van der Waals surface area contributed by atoms with Gasteiger partial charge in [-0.05, 0) is 68.8 Å². The Morgan fingerprint density at radius 3 is 0.968 bits per heavy atom. The van der Waals surface area contributed by atoms with Crippen molar-refractivity contribution in [3.8, 4) is 67.8 Å². The second-order valence-corrected chi connectivity index (χ2v) is 15.7. The Morgan fingerprint density at radius 2 is 0.532 bits per heavy atom. The van der Waals surface area contributed by atoms with E-state index in [1.54, 1.807) is 0 Å². The summed E-state index contributed by atoms with van der Waals surface area (Å²) >= 11 is 0. The van der Waals surface area contributed by atoms with Crippen molar-refractivity contribution < 1.29 is 0 Å². The molecular formula is C57H37N5. The van der Waals surface area contributed by atoms with Gasteiger partial charge in [-0.1, -0.05) is 200 Å². The molecule has 0 radical (unpaired) electrons. The van der Waals surface area contributed by atoms with Crippen LogP contribution in [-0.2, 0) is 0 Å². The van der Waals surface area contributed by atoms with E-state index in [4.69, 9.17) is 15.0 Å². The van der Waals surface area contributed by atoms with E-state index in [1.807, 2.05) is 0 Å². The second kappa shape index (κ2) is 14.7. The van der Waals surface area contributed by atoms with Crippen LogP contribution in [0.1, 0.15) is 0 Å². The summed E-state index contributed by atoms with van der Waals surface area (Å²) in [6, 6.07) is 79.3. The van der Waals surface area contributed by atoms with Crippen molar-refractivity contribution in [3.05, 3.63) is 224 Å². The van der Waals surface area contributed by atoms with Gasteiger partial charge in [0, 0.05) is 27.1 Å². The number of hydrogen-bond donors (Lipinski definition) is 0. The number of benzene rings is 9. The summed E-state index contributed by atoms with van der Waals surface area (Å²) in [5.74, 6) is 1.71. The lowest BCUT2D eigenvalue weighted by Crippen LogP contribution is -2.10. The standard InChI is InChI=1S/C57H37N5/c1-3-13-38(14-4-1)40-23-25-41(26-24-40)42-27-29-43(30-28-42)44-31-33-45(34-32-44)55-58-56(61-51-20-10-7-17-47(51)48-18-8-11-21-52(48)61)60-57(59-55)62-53-22-12-9-19-49(53)50-36-35-46(37-54(50)62)39-15-5-2-6-16-39/h1-37H. The molecule has 0 spiro atoms. The average Bonchev–Trinajstić information content (AvgIpc) is 3.87. The summed E-state index contributed by atoms with van der Waals surface area (Å²) in [6.07, 6.45) is 0. The first-order valence-electron chi connectivity index (χ1n) is 20.9. The van der Waals surface area contributed by atoms with Crippen LogP contribution in [-0.4, -0.2) is 24.1 Å². The Balaban J connectivity index is 0.985. The Morgan fingerprint density at radius 1 is 0.226 bits per heavy atom. The third-order valence-corrected chi connectivity index (χ3v) is 12.1. The molecule has 0 aliphatic carbocycles. The Hall–Kier alpha value is -8.41. The molecule has 12 aromatic rings. The van der Waals surface area contributed by atoms with Gasteiger partial charge in [-0.15, -0.1) is 0 Å². The first-order valence-corrected chi connectivity index (χ1v) is 20.9. The van der Waals surface area contributed by atoms with Gasteiger partial charge in [0.15, 0.2) is 5.82 Å². The number of aromatic nitrogens is 5. The fourth-order valence-electron chi connectivity index (χ4n) is 8.97. The van der Waals surface area contributed by atoms with Crippen molar-refractivity contribution in [1.29, 1.82) is 0 Å². The van der Waals surface area contributed by atoms with Crippen molar-refractivity contribution in [2.24, 2.45) is 0 Å². The van der Waals surface area contributed by atoms with E-state index in [0.717, 1.165) is 71.4 Å². The topological polar surface area (TPSA) is 48.5 Å². The fraction of sp³-hybridized carbons (Fsp3) is 0. The van der Waals surface area contributed by atoms with Gasteiger partial charge in [-0.3, -0.25) is 9.13 Å². The average molecular weight is 792 g/mol. The van der Waals surface area contributed by atoms with Crippen molar-refractivity contribution in [2.75, 3.05) is 0 Å². The summed E-state index contributed by atoms with van der Waals surface area (Å²) in [5.41, 5.74) is 14.4. The summed E-state index contributed by atoms with van der Waals surface area (Å²) in [7, 11) is 0. The smallest absolute Gasteiger partial charge is 0.240 e. The van der Waals surface area contributed by atoms with Gasteiger partial charge in [0.25, 0.3) is 0 Å². The van der Waals surface area contributed by atoms with E-state index in [9.17, 15) is 0 Å². The van der Waals surface area contributed by atoms with Crippen LogP contribution in [0.4, 0.5) is 0 Å². The lowest BCUT2D eigenvalue weighted by Gasteiger charge is -2.13. The Labute approximate surface area is 358 Å². The molecule has 290 valence electrons. The van der Waals surface area contributed by atoms with Crippen LogP contribution in [0.25, 0.3) is 111 Å². The number of rotatable bonds is 7. The molecule has 3 heterocycles. The molecule has 0 saturated heterocycles. The van der Waals surface area contributed by atoms with E-state index < -0.39 is 0 Å². The van der Waals surface area contributed by atoms with E-state index >= 15 is 0 Å². The molecule has 5 heteroatoms. The molecule has 0 bridgehead atoms. The van der Waals surface area contributed by atoms with Crippen LogP contribution in [0.5, 0.6) is 0 Å². The largest absolute Gasteiger partial charge is 0.278 e. The van der Waals surface area contributed by atoms with Crippen LogP contribution in [0.15, 0.2) is 224 Å². The van der Waals surface area contributed by atoms with Crippen LogP contribution in [0.3, 0.4) is 0 Å². The minimum atomic E-state index is 0.555. The monoisotopic (exact) mass is 791 g/mol. The van der Waals surface area contributed by atoms with Crippen molar-refractivity contribution in [3.63, 3.8) is 0 Å². The molecule has 0 atom stereocenters. The molecular weight excluding hydrogens is 755 g/mol. The van der Waals surface area contributed by atoms with Crippen LogP contribution in [0.2, 0.25) is 0 Å². The van der Waals surface area contributed by atoms with E-state index in [0.29, 0.717) is 17.7 Å². The molecule has 5 nitrogen and oxygen atoms in total. The Bertz CT molecular complexity index is 3530. The molecule has 0 unspecified atom stereocenters. The minimum Gasteiger partial charge on any atom is -0.278 e. The molecule has 62 heavy (non-hydrogen) atoms. The van der Waals surface area contributed by atoms with Crippen LogP contribution >= 0.6 is 0 Å². The maximum absolute atomic E-state index is 5.37. The molecule has 0 saturated carbocycles. The summed E-state index contributed by atoms with van der Waals surface area (Å²) in [4.78, 5) is 16.0. The van der Waals surface area contributed by atoms with Crippen molar-refractivity contribution in [2.45, 2.75) is 0 Å². The number of hydrogen-bond acceptors (Lipinski definition) is 3. The van der Waals surface area contributed by atoms with Crippen LogP contribution < -0.4 is 0 Å². The van der Waals surface area contributed by atoms with Gasteiger partial charge in [-0.25, -0.2) is 0 Å². The first kappa shape index (κ1) is 35.5. The zero-order valence-electron chi connectivity index (χ0n) is 33.6. The molecule has 3 aromatic heterocycles. The molecule has 9 aromatic carbocycles. The highest BCUT2D eigenvalue weighted by Gasteiger charge is 2.21. The lowest BCUT2D eigenvalue weighted by atomic mass is 9.98. The normalized spacial score (nSPS) is 11.5. The predicted molar refractivity (Wildman–Crippen MR) is 256 cm³/mol. The molecule has 0 amide bonds. The highest BCUT2D eigenvalue weighted by molar-refractivity contribution is 6.10. The van der Waals surface area contributed by atoms with E-state index in [-0.39, 0.29) is 0 Å². The van der Waals surface area contributed by atoms with Gasteiger partial charge in [0.05, 0.1) is 22.1 Å². The maximum Gasteiger partial charge on any atom is 0.240 e. The van der Waals surface area contributed by atoms with Gasteiger partial charge in [0.2, 0.25) is 11.9 Å². The summed E-state index contributed by atoms with van der Waals surface area (Å²) < 4.78 is 4.37. The third kappa shape index (κ3) is 6.06. The highest BCUT2D eigenvalue weighted by atomic mass is 15.3. The zero-order chi connectivity index (χ0) is 41.0. The SMILES string of the molecule is c1ccc(-c2ccc(-c3ccc(-c4ccc(-c5nc(-n6c7ccccc7c7ccccc76)nc(-n6c7ccccc7c7ccc(-c8ccccc8)cc76)n5)cc4)cc3)cc2)cc1. The van der Waals surface area contributed by atoms with E-state index in [2.05, 4.69) is 234 Å². The summed E-state index contributed by atoms with van der Waals surface area (Å²) in [6.45, 7) is 0. The molecule has 0 N–H and O–H groups in total. The predicted octanol–water partition coefficient (Wildman–Crippen LogP) is 14.4. The zero-order valence-corrected chi connectivity index (χ0v) is 33.6.